The van der Waals surface area contributed by atoms with Gasteiger partial charge in [0, 0.05) is 12.6 Å². The lowest BCUT2D eigenvalue weighted by atomic mass is 10.0. The minimum Gasteiger partial charge on any atom is -0.469 e. The zero-order valence-corrected chi connectivity index (χ0v) is 15.2. The van der Waals surface area contributed by atoms with Gasteiger partial charge in [0.25, 0.3) is 0 Å². The Balaban J connectivity index is 2.12. The van der Waals surface area contributed by atoms with E-state index in [0.717, 1.165) is 31.2 Å². The molecule has 1 unspecified atom stereocenters. The molecule has 1 amide bonds. The van der Waals surface area contributed by atoms with E-state index in [1.54, 1.807) is 19.1 Å². The van der Waals surface area contributed by atoms with Crippen LogP contribution in [0.2, 0.25) is 0 Å². The van der Waals surface area contributed by atoms with E-state index in [1.165, 1.54) is 32.1 Å². The topological polar surface area (TPSA) is 46.6 Å². The molecule has 0 radical (unpaired) electrons. The van der Waals surface area contributed by atoms with Crippen molar-refractivity contribution in [2.45, 2.75) is 57.9 Å². The Kier molecular flexibility index (Phi) is 7.41. The lowest BCUT2D eigenvalue weighted by Crippen LogP contribution is -2.44. The number of hydrogen-bond donors (Lipinski definition) is 0. The van der Waals surface area contributed by atoms with Gasteiger partial charge in [-0.2, -0.15) is 0 Å². The molecule has 25 heavy (non-hydrogen) atoms. The molecule has 0 N–H and O–H groups in total. The van der Waals surface area contributed by atoms with Crippen molar-refractivity contribution in [1.29, 1.82) is 0 Å². The summed E-state index contributed by atoms with van der Waals surface area (Å²) in [5.74, 6) is -0.968. The van der Waals surface area contributed by atoms with Gasteiger partial charge in [0.15, 0.2) is 0 Å². The van der Waals surface area contributed by atoms with Crippen molar-refractivity contribution in [2.24, 2.45) is 5.92 Å². The standard InChI is InChI=1S/C20H28FNO3/c1-15(20(24)25-2)14-22(18-7-5-3-4-6-8-18)19(23)13-16-9-11-17(21)12-10-16/h9-12,15,18H,3-8,13-14H2,1-2H3. The number of nitrogens with zero attached hydrogens (tertiary/aromatic N) is 1. The first-order valence-corrected chi connectivity index (χ1v) is 9.13. The maximum atomic E-state index is 13.1. The van der Waals surface area contributed by atoms with Gasteiger partial charge in [-0.05, 0) is 30.5 Å². The number of carbonyl (C=O) groups excluding carboxylic acids is 2. The largest absolute Gasteiger partial charge is 0.469 e. The Hall–Kier alpha value is -1.91. The molecule has 4 nitrogen and oxygen atoms in total. The van der Waals surface area contributed by atoms with Crippen LogP contribution < -0.4 is 0 Å². The summed E-state index contributed by atoms with van der Waals surface area (Å²) in [4.78, 5) is 26.6. The molecule has 1 aliphatic rings. The van der Waals surface area contributed by atoms with E-state index in [1.807, 2.05) is 4.90 Å². The molecular formula is C20H28FNO3. The average molecular weight is 349 g/mol. The van der Waals surface area contributed by atoms with Crippen molar-refractivity contribution in [1.82, 2.24) is 4.90 Å². The number of carbonyl (C=O) groups is 2. The molecule has 0 spiro atoms. The molecule has 1 aromatic rings. The quantitative estimate of drug-likeness (QED) is 0.581. The van der Waals surface area contributed by atoms with Gasteiger partial charge in [-0.15, -0.1) is 0 Å². The molecule has 0 bridgehead atoms. The van der Waals surface area contributed by atoms with Crippen LogP contribution in [0.25, 0.3) is 0 Å². The summed E-state index contributed by atoms with van der Waals surface area (Å²) < 4.78 is 17.9. The van der Waals surface area contributed by atoms with Crippen LogP contribution in [-0.2, 0) is 20.7 Å². The van der Waals surface area contributed by atoms with Gasteiger partial charge >= 0.3 is 5.97 Å². The lowest BCUT2D eigenvalue weighted by molar-refractivity contribution is -0.147. The average Bonchev–Trinajstić information content (AvgIpc) is 2.89. The predicted molar refractivity (Wildman–Crippen MR) is 94.5 cm³/mol. The molecule has 1 aliphatic carbocycles. The molecule has 1 aromatic carbocycles. The number of esters is 1. The van der Waals surface area contributed by atoms with Crippen molar-refractivity contribution < 1.29 is 18.7 Å². The molecule has 2 rings (SSSR count). The minimum absolute atomic E-state index is 0.00531. The first-order valence-electron chi connectivity index (χ1n) is 9.13. The molecule has 0 aliphatic heterocycles. The van der Waals surface area contributed by atoms with E-state index in [4.69, 9.17) is 4.74 Å². The molecule has 1 saturated carbocycles. The van der Waals surface area contributed by atoms with Gasteiger partial charge in [0.2, 0.25) is 5.91 Å². The third kappa shape index (κ3) is 5.83. The zero-order chi connectivity index (χ0) is 18.2. The van der Waals surface area contributed by atoms with E-state index in [-0.39, 0.29) is 36.1 Å². The van der Waals surface area contributed by atoms with Crippen LogP contribution >= 0.6 is 0 Å². The SMILES string of the molecule is COC(=O)C(C)CN(C(=O)Cc1ccc(F)cc1)C1CCCCCC1. The van der Waals surface area contributed by atoms with Gasteiger partial charge < -0.3 is 9.64 Å². The Labute approximate surface area is 149 Å². The van der Waals surface area contributed by atoms with Gasteiger partial charge in [0.05, 0.1) is 19.4 Å². The van der Waals surface area contributed by atoms with Crippen molar-refractivity contribution in [3.8, 4) is 0 Å². The highest BCUT2D eigenvalue weighted by Gasteiger charge is 2.28. The van der Waals surface area contributed by atoms with Gasteiger partial charge in [-0.3, -0.25) is 9.59 Å². The number of ether oxygens (including phenoxy) is 1. The third-order valence-electron chi connectivity index (χ3n) is 4.93. The van der Waals surface area contributed by atoms with Gasteiger partial charge in [0.1, 0.15) is 5.82 Å². The van der Waals surface area contributed by atoms with Gasteiger partial charge in [-0.1, -0.05) is 44.7 Å². The third-order valence-corrected chi connectivity index (χ3v) is 4.93. The molecule has 0 saturated heterocycles. The fourth-order valence-electron chi connectivity index (χ4n) is 3.47. The second kappa shape index (κ2) is 9.54. The number of amides is 1. The summed E-state index contributed by atoms with van der Waals surface area (Å²) in [6.45, 7) is 2.16. The Morgan fingerprint density at radius 3 is 2.32 bits per heavy atom. The molecule has 138 valence electrons. The first kappa shape index (κ1) is 19.4. The summed E-state index contributed by atoms with van der Waals surface area (Å²) in [6, 6.07) is 6.19. The van der Waals surface area contributed by atoms with Crippen LogP contribution in [0.4, 0.5) is 4.39 Å². The van der Waals surface area contributed by atoms with Crippen LogP contribution in [0.1, 0.15) is 51.0 Å². The second-order valence-electron chi connectivity index (χ2n) is 6.92. The number of hydrogen-bond acceptors (Lipinski definition) is 3. The lowest BCUT2D eigenvalue weighted by Gasteiger charge is -2.33. The maximum Gasteiger partial charge on any atom is 0.310 e. The van der Waals surface area contributed by atoms with E-state index >= 15 is 0 Å². The fraction of sp³-hybridized carbons (Fsp3) is 0.600. The summed E-state index contributed by atoms with van der Waals surface area (Å²) in [6.07, 6.45) is 6.79. The molecule has 5 heteroatoms. The molecule has 1 atom stereocenters. The number of halogens is 1. The smallest absolute Gasteiger partial charge is 0.310 e. The predicted octanol–water partition coefficient (Wildman–Crippen LogP) is 3.73. The zero-order valence-electron chi connectivity index (χ0n) is 15.2. The highest BCUT2D eigenvalue weighted by molar-refractivity contribution is 5.80. The number of methoxy groups -OCH3 is 1. The summed E-state index contributed by atoms with van der Waals surface area (Å²) >= 11 is 0. The minimum atomic E-state index is -0.356. The molecular weight excluding hydrogens is 321 g/mol. The van der Waals surface area contributed by atoms with Crippen LogP contribution in [0.5, 0.6) is 0 Å². The van der Waals surface area contributed by atoms with E-state index < -0.39 is 0 Å². The van der Waals surface area contributed by atoms with Crippen molar-refractivity contribution >= 4 is 11.9 Å². The highest BCUT2D eigenvalue weighted by atomic mass is 19.1. The first-order chi connectivity index (χ1) is 12.0. The monoisotopic (exact) mass is 349 g/mol. The Morgan fingerprint density at radius 2 is 1.76 bits per heavy atom. The molecule has 0 heterocycles. The summed E-state index contributed by atoms with van der Waals surface area (Å²) in [5.41, 5.74) is 0.788. The van der Waals surface area contributed by atoms with E-state index in [0.29, 0.717) is 6.54 Å². The van der Waals surface area contributed by atoms with Crippen LogP contribution in [0, 0.1) is 11.7 Å². The van der Waals surface area contributed by atoms with Crippen molar-refractivity contribution in [3.05, 3.63) is 35.6 Å². The Morgan fingerprint density at radius 1 is 1.16 bits per heavy atom. The Bertz CT molecular complexity index is 565. The molecule has 1 fully saturated rings. The van der Waals surface area contributed by atoms with Crippen molar-refractivity contribution in [2.75, 3.05) is 13.7 Å². The maximum absolute atomic E-state index is 13.1. The van der Waals surface area contributed by atoms with Crippen molar-refractivity contribution in [3.63, 3.8) is 0 Å². The van der Waals surface area contributed by atoms with Crippen LogP contribution in [0.3, 0.4) is 0 Å². The number of benzene rings is 1. The normalized spacial score (nSPS) is 16.8. The summed E-state index contributed by atoms with van der Waals surface area (Å²) in [5, 5.41) is 0. The van der Waals surface area contributed by atoms with E-state index in [2.05, 4.69) is 0 Å². The van der Waals surface area contributed by atoms with E-state index in [9.17, 15) is 14.0 Å². The van der Waals surface area contributed by atoms with Crippen LogP contribution in [-0.4, -0.2) is 36.5 Å². The summed E-state index contributed by atoms with van der Waals surface area (Å²) in [7, 11) is 1.37. The van der Waals surface area contributed by atoms with Crippen LogP contribution in [0.15, 0.2) is 24.3 Å². The molecule has 0 aromatic heterocycles. The van der Waals surface area contributed by atoms with Gasteiger partial charge in [-0.25, -0.2) is 4.39 Å². The second-order valence-corrected chi connectivity index (χ2v) is 6.92. The number of rotatable bonds is 6. The fourth-order valence-corrected chi connectivity index (χ4v) is 3.47. The highest BCUT2D eigenvalue weighted by Crippen LogP contribution is 2.24.